The van der Waals surface area contributed by atoms with Gasteiger partial charge in [-0.25, -0.2) is 0 Å². The zero-order valence-corrected chi connectivity index (χ0v) is 22.8. The monoisotopic (exact) mass is 567 g/mol. The highest BCUT2D eigenvalue weighted by Crippen LogP contribution is 2.50. The predicted octanol–water partition coefficient (Wildman–Crippen LogP) is 1.12. The molecule has 2 N–H and O–H groups in total. The van der Waals surface area contributed by atoms with Crippen molar-refractivity contribution in [3.05, 3.63) is 29.1 Å². The number of halogens is 3. The molecule has 0 radical (unpaired) electrons. The lowest BCUT2D eigenvalue weighted by Gasteiger charge is -2.37. The van der Waals surface area contributed by atoms with Crippen LogP contribution < -0.4 is 10.6 Å². The van der Waals surface area contributed by atoms with Gasteiger partial charge in [-0.05, 0) is 36.8 Å². The van der Waals surface area contributed by atoms with Gasteiger partial charge in [0.1, 0.15) is 0 Å². The van der Waals surface area contributed by atoms with Crippen LogP contribution in [0.2, 0.25) is 0 Å². The second kappa shape index (κ2) is 11.2. The molecule has 3 fully saturated rings. The second-order valence-corrected chi connectivity index (χ2v) is 11.4. The summed E-state index contributed by atoms with van der Waals surface area (Å²) in [6, 6.07) is 1.17. The van der Waals surface area contributed by atoms with Gasteiger partial charge in [-0.1, -0.05) is 0 Å². The molecule has 40 heavy (non-hydrogen) atoms. The van der Waals surface area contributed by atoms with E-state index in [0.717, 1.165) is 18.7 Å². The molecule has 13 heteroatoms. The quantitative estimate of drug-likeness (QED) is 0.530. The Hall–Kier alpha value is -2.77. The molecule has 1 aromatic rings. The van der Waals surface area contributed by atoms with Crippen molar-refractivity contribution in [2.75, 3.05) is 46.5 Å². The van der Waals surface area contributed by atoms with Crippen molar-refractivity contribution in [1.82, 2.24) is 25.4 Å². The first-order chi connectivity index (χ1) is 19.0. The average molecular weight is 568 g/mol. The molecule has 3 amide bonds. The van der Waals surface area contributed by atoms with E-state index in [1.807, 2.05) is 0 Å². The number of carbonyl (C=O) groups is 3. The summed E-state index contributed by atoms with van der Waals surface area (Å²) < 4.78 is 51.2. The lowest BCUT2D eigenvalue weighted by atomic mass is 9.78. The lowest BCUT2D eigenvalue weighted by Crippen LogP contribution is -2.52. The van der Waals surface area contributed by atoms with E-state index in [4.69, 9.17) is 9.47 Å². The fraction of sp³-hybridized carbons (Fsp3) is 0.704. The normalized spacial score (nSPS) is 30.1. The van der Waals surface area contributed by atoms with Gasteiger partial charge in [0.2, 0.25) is 17.7 Å². The molecular weight excluding hydrogens is 531 g/mol. The van der Waals surface area contributed by atoms with Gasteiger partial charge in [-0.15, -0.1) is 0 Å². The Morgan fingerprint density at radius 3 is 2.80 bits per heavy atom. The number of hydrogen-bond acceptors (Lipinski definition) is 7. The predicted molar refractivity (Wildman–Crippen MR) is 136 cm³/mol. The molecule has 3 aliphatic heterocycles. The summed E-state index contributed by atoms with van der Waals surface area (Å²) in [7, 11) is 1.65. The maximum absolute atomic E-state index is 14.3. The third kappa shape index (κ3) is 5.68. The first kappa shape index (κ1) is 28.7. The third-order valence-electron chi connectivity index (χ3n) is 8.85. The van der Waals surface area contributed by atoms with Crippen LogP contribution in [-0.4, -0.2) is 97.2 Å². The van der Waals surface area contributed by atoms with Crippen molar-refractivity contribution in [2.45, 2.75) is 63.5 Å². The highest BCUT2D eigenvalue weighted by atomic mass is 19.4. The van der Waals surface area contributed by atoms with Crippen LogP contribution in [0.5, 0.6) is 0 Å². The van der Waals surface area contributed by atoms with Crippen LogP contribution in [0.3, 0.4) is 0 Å². The van der Waals surface area contributed by atoms with Gasteiger partial charge in [0.05, 0.1) is 30.2 Å². The molecular formula is C27H36F3N5O5. The molecule has 2 saturated heterocycles. The smallest absolute Gasteiger partial charge is 0.379 e. The Labute approximate surface area is 230 Å². The molecule has 5 rings (SSSR count). The highest BCUT2D eigenvalue weighted by Gasteiger charge is 2.59. The van der Waals surface area contributed by atoms with Crippen molar-refractivity contribution in [3.8, 4) is 0 Å². The summed E-state index contributed by atoms with van der Waals surface area (Å²) in [5, 5.41) is 6.22. The van der Waals surface area contributed by atoms with Crippen LogP contribution in [-0.2, 0) is 43.0 Å². The molecule has 5 atom stereocenters. The Balaban J connectivity index is 1.36. The number of methoxy groups -OCH3 is 1. The van der Waals surface area contributed by atoms with Crippen molar-refractivity contribution in [2.24, 2.45) is 11.3 Å². The number of nitrogens with one attached hydrogen (secondary N) is 2. The Morgan fingerprint density at radius 1 is 1.27 bits per heavy atom. The SMILES string of the molecule is COC1COCCC1NC1CC2CN(C(=O)CNC(C)=O)CC2(C(=O)N2CCc3ncc(C(F)(F)F)cc3C2)C1. The third-order valence-corrected chi connectivity index (χ3v) is 8.85. The van der Waals surface area contributed by atoms with Crippen LogP contribution in [0, 0.1) is 11.3 Å². The summed E-state index contributed by atoms with van der Waals surface area (Å²) in [5.41, 5.74) is -0.733. The number of aromatic nitrogens is 1. The molecule has 0 aromatic carbocycles. The highest BCUT2D eigenvalue weighted by molar-refractivity contribution is 5.88. The summed E-state index contributed by atoms with van der Waals surface area (Å²) in [4.78, 5) is 45.9. The Bertz CT molecular complexity index is 1150. The van der Waals surface area contributed by atoms with Gasteiger partial charge in [0.15, 0.2) is 0 Å². The van der Waals surface area contributed by atoms with Crippen LogP contribution in [0.25, 0.3) is 0 Å². The number of hydrogen-bond donors (Lipinski definition) is 2. The largest absolute Gasteiger partial charge is 0.417 e. The number of rotatable bonds is 6. The van der Waals surface area contributed by atoms with Crippen LogP contribution in [0.1, 0.15) is 43.0 Å². The zero-order valence-electron chi connectivity index (χ0n) is 22.8. The number of amides is 3. The first-order valence-corrected chi connectivity index (χ1v) is 13.7. The van der Waals surface area contributed by atoms with Crippen LogP contribution >= 0.6 is 0 Å². The van der Waals surface area contributed by atoms with Gasteiger partial charge in [-0.2, -0.15) is 13.2 Å². The van der Waals surface area contributed by atoms with Crippen LogP contribution in [0.4, 0.5) is 13.2 Å². The minimum atomic E-state index is -4.52. The number of nitrogens with zero attached hydrogens (tertiary/aromatic N) is 3. The van der Waals surface area contributed by atoms with Gasteiger partial charge in [-0.3, -0.25) is 19.4 Å². The first-order valence-electron chi connectivity index (χ1n) is 13.7. The summed E-state index contributed by atoms with van der Waals surface area (Å²) in [6.45, 7) is 3.28. The average Bonchev–Trinajstić information content (AvgIpc) is 3.45. The molecule has 0 spiro atoms. The Kier molecular flexibility index (Phi) is 8.08. The van der Waals surface area contributed by atoms with Crippen molar-refractivity contribution >= 4 is 17.7 Å². The van der Waals surface area contributed by atoms with Gasteiger partial charge in [0, 0.05) is 77.2 Å². The van der Waals surface area contributed by atoms with E-state index < -0.39 is 17.2 Å². The van der Waals surface area contributed by atoms with Gasteiger partial charge >= 0.3 is 6.18 Å². The number of ether oxygens (including phenoxy) is 2. The van der Waals surface area contributed by atoms with E-state index in [2.05, 4.69) is 15.6 Å². The fourth-order valence-electron chi connectivity index (χ4n) is 6.84. The Morgan fingerprint density at radius 2 is 2.08 bits per heavy atom. The number of alkyl halides is 3. The summed E-state index contributed by atoms with van der Waals surface area (Å²) in [5.74, 6) is -0.838. The van der Waals surface area contributed by atoms with E-state index in [1.165, 1.54) is 6.92 Å². The van der Waals surface area contributed by atoms with Crippen molar-refractivity contribution in [1.29, 1.82) is 0 Å². The molecule has 10 nitrogen and oxygen atoms in total. The molecule has 220 valence electrons. The van der Waals surface area contributed by atoms with Gasteiger partial charge in [0.25, 0.3) is 0 Å². The van der Waals surface area contributed by atoms with Crippen LogP contribution in [0.15, 0.2) is 12.3 Å². The van der Waals surface area contributed by atoms with Crippen molar-refractivity contribution in [3.63, 3.8) is 0 Å². The van der Waals surface area contributed by atoms with Crippen molar-refractivity contribution < 1.29 is 37.0 Å². The lowest BCUT2D eigenvalue weighted by molar-refractivity contribution is -0.144. The number of fused-ring (bicyclic) bond motifs is 2. The second-order valence-electron chi connectivity index (χ2n) is 11.4. The summed E-state index contributed by atoms with van der Waals surface area (Å²) >= 11 is 0. The van der Waals surface area contributed by atoms with E-state index in [1.54, 1.807) is 16.9 Å². The maximum atomic E-state index is 14.3. The fourth-order valence-corrected chi connectivity index (χ4v) is 6.84. The minimum absolute atomic E-state index is 0.0119. The van der Waals surface area contributed by atoms with E-state index >= 15 is 0 Å². The number of likely N-dealkylation sites (tertiary alicyclic amines) is 1. The van der Waals surface area contributed by atoms with E-state index in [-0.39, 0.29) is 61.5 Å². The standard InChI is InChI=1S/C27H36F3N5O5/c1-16(36)31-11-24(37)35-13-19-8-20(33-22-4-6-40-14-23(22)39-2)9-26(19,15-35)25(38)34-5-3-21-17(12-34)7-18(10-32-21)27(28,29)30/h7,10,19-20,22-23,33H,3-6,8-9,11-15H2,1-2H3,(H,31,36). The molecule has 0 bridgehead atoms. The molecule has 4 heterocycles. The van der Waals surface area contributed by atoms with Gasteiger partial charge < -0.3 is 29.9 Å². The molecule has 5 unspecified atom stereocenters. The summed E-state index contributed by atoms with van der Waals surface area (Å²) in [6.07, 6.45) is -1.47. The van der Waals surface area contributed by atoms with E-state index in [0.29, 0.717) is 56.8 Å². The topological polar surface area (TPSA) is 113 Å². The molecule has 1 saturated carbocycles. The minimum Gasteiger partial charge on any atom is -0.379 e. The molecule has 1 aliphatic carbocycles. The number of pyridine rings is 1. The zero-order chi connectivity index (χ0) is 28.7. The van der Waals surface area contributed by atoms with E-state index in [9.17, 15) is 27.6 Å². The molecule has 1 aromatic heterocycles. The molecule has 4 aliphatic rings. The number of carbonyl (C=O) groups excluding carboxylic acids is 3. The maximum Gasteiger partial charge on any atom is 0.417 e.